The molecule has 8 atom stereocenters. The van der Waals surface area contributed by atoms with Gasteiger partial charge < -0.3 is 69.0 Å². The Morgan fingerprint density at radius 2 is 1.76 bits per heavy atom. The molecule has 5 rings (SSSR count). The van der Waals surface area contributed by atoms with Crippen LogP contribution in [0.25, 0.3) is 22.3 Å². The van der Waals surface area contributed by atoms with Gasteiger partial charge in [-0.05, 0) is 18.2 Å². The van der Waals surface area contributed by atoms with Crippen molar-refractivity contribution in [2.45, 2.75) is 48.7 Å². The first kappa shape index (κ1) is 30.0. The molecule has 2 saturated heterocycles. The molecule has 2 aliphatic rings. The van der Waals surface area contributed by atoms with Crippen LogP contribution in [0, 0.1) is 0 Å². The van der Waals surface area contributed by atoms with E-state index < -0.39 is 79.7 Å². The van der Waals surface area contributed by atoms with E-state index in [1.807, 2.05) is 0 Å². The summed E-state index contributed by atoms with van der Waals surface area (Å²) in [6.45, 7) is -2.08. The van der Waals surface area contributed by atoms with Crippen molar-refractivity contribution in [3.63, 3.8) is 0 Å². The molecule has 0 bridgehead atoms. The van der Waals surface area contributed by atoms with E-state index >= 15 is 0 Å². The quantitative estimate of drug-likeness (QED) is 0.148. The molecule has 2 aromatic carbocycles. The van der Waals surface area contributed by atoms with Gasteiger partial charge in [0.1, 0.15) is 58.2 Å². The lowest BCUT2D eigenvalue weighted by atomic mass is 9.98. The number of phenolic OH excluding ortho intramolecular Hbond substituents is 2. The van der Waals surface area contributed by atoms with Gasteiger partial charge in [0.05, 0.1) is 26.9 Å². The first-order valence-corrected chi connectivity index (χ1v) is 12.8. The first-order chi connectivity index (χ1) is 20.0. The van der Waals surface area contributed by atoms with E-state index in [9.17, 15) is 45.6 Å². The summed E-state index contributed by atoms with van der Waals surface area (Å²) in [7, 11) is 1.35. The number of hydrogen-bond donors (Lipinski definition) is 8. The number of aliphatic hydroxyl groups is 6. The molecule has 15 heteroatoms. The fraction of sp³-hybridized carbons (Fsp3) is 0.444. The second-order valence-electron chi connectivity index (χ2n) is 9.99. The molecule has 42 heavy (non-hydrogen) atoms. The number of aromatic hydroxyl groups is 2. The minimum absolute atomic E-state index is 0.0695. The second-order valence-corrected chi connectivity index (χ2v) is 9.99. The van der Waals surface area contributed by atoms with Crippen molar-refractivity contribution in [3.8, 4) is 34.3 Å². The molecule has 8 N–H and O–H groups in total. The fourth-order valence-electron chi connectivity index (χ4n) is 4.78. The van der Waals surface area contributed by atoms with Crippen LogP contribution >= 0.6 is 0 Å². The maximum Gasteiger partial charge on any atom is 0.229 e. The fourth-order valence-corrected chi connectivity index (χ4v) is 4.78. The third-order valence-electron chi connectivity index (χ3n) is 7.20. The van der Waals surface area contributed by atoms with Crippen molar-refractivity contribution in [2.24, 2.45) is 0 Å². The van der Waals surface area contributed by atoms with Gasteiger partial charge in [0.15, 0.2) is 29.3 Å². The molecule has 0 spiro atoms. The van der Waals surface area contributed by atoms with Gasteiger partial charge in [-0.15, -0.1) is 0 Å². The van der Waals surface area contributed by atoms with Crippen LogP contribution in [0.1, 0.15) is 0 Å². The highest BCUT2D eigenvalue weighted by molar-refractivity contribution is 5.86. The van der Waals surface area contributed by atoms with Crippen LogP contribution in [0.2, 0.25) is 0 Å². The number of rotatable bonds is 8. The van der Waals surface area contributed by atoms with E-state index in [1.165, 1.54) is 31.4 Å². The summed E-state index contributed by atoms with van der Waals surface area (Å²) < 4.78 is 33.2. The van der Waals surface area contributed by atoms with Crippen molar-refractivity contribution in [1.82, 2.24) is 0 Å². The molecule has 2 aliphatic heterocycles. The topological polar surface area (TPSA) is 238 Å². The van der Waals surface area contributed by atoms with Crippen molar-refractivity contribution >= 4 is 11.0 Å². The zero-order valence-corrected chi connectivity index (χ0v) is 22.1. The van der Waals surface area contributed by atoms with E-state index in [4.69, 9.17) is 28.1 Å². The number of aliphatic hydroxyl groups excluding tert-OH is 5. The number of hydrogen-bond acceptors (Lipinski definition) is 15. The third-order valence-corrected chi connectivity index (χ3v) is 7.20. The van der Waals surface area contributed by atoms with Gasteiger partial charge in [0.25, 0.3) is 0 Å². The lowest BCUT2D eigenvalue weighted by molar-refractivity contribution is -0.318. The van der Waals surface area contributed by atoms with Crippen molar-refractivity contribution in [2.75, 3.05) is 26.9 Å². The van der Waals surface area contributed by atoms with E-state index in [0.29, 0.717) is 5.56 Å². The number of ether oxygens (including phenoxy) is 5. The summed E-state index contributed by atoms with van der Waals surface area (Å²) in [5.74, 6) is -0.612. The van der Waals surface area contributed by atoms with Crippen LogP contribution in [-0.2, 0) is 14.2 Å². The molecule has 0 saturated carbocycles. The standard InChI is InChI=1S/C27H30O15/c1-37-17-4-11(2-3-13(17)30)16-7-15(32)20-14(31)5-12(6-18(20)40-16)39-25-23(22(34)21(33)19(8-28)41-25)42-26-24(35)27(36,9-29)10-38-26/h2-7,19,21-26,28-31,33-36H,8-10H2,1H3/t19-,21-,22+,23-,24+,25-,26+,27?/m1/s1. The van der Waals surface area contributed by atoms with E-state index in [1.54, 1.807) is 0 Å². The Kier molecular flexibility index (Phi) is 8.30. The Hall–Kier alpha value is -3.51. The van der Waals surface area contributed by atoms with Crippen LogP contribution in [0.5, 0.6) is 23.0 Å². The van der Waals surface area contributed by atoms with Crippen LogP contribution < -0.4 is 14.9 Å². The molecular formula is C27H30O15. The smallest absolute Gasteiger partial charge is 0.229 e. The maximum atomic E-state index is 12.9. The largest absolute Gasteiger partial charge is 0.507 e. The molecule has 3 heterocycles. The highest BCUT2D eigenvalue weighted by Gasteiger charge is 2.53. The van der Waals surface area contributed by atoms with E-state index in [0.717, 1.165) is 12.1 Å². The highest BCUT2D eigenvalue weighted by atomic mass is 16.8. The van der Waals surface area contributed by atoms with Crippen LogP contribution in [0.4, 0.5) is 0 Å². The SMILES string of the molecule is COc1cc(-c2cc(=O)c3c(O)cc(O[C@@H]4O[C@H](CO)[C@@H](O)[C@H](O)[C@H]4O[C@@H]4OCC(O)(CO)[C@H]4O)cc3o2)ccc1O. The van der Waals surface area contributed by atoms with Gasteiger partial charge in [0.2, 0.25) is 6.29 Å². The van der Waals surface area contributed by atoms with Crippen molar-refractivity contribution in [3.05, 3.63) is 46.6 Å². The summed E-state index contributed by atoms with van der Waals surface area (Å²) in [6.07, 6.45) is -11.3. The summed E-state index contributed by atoms with van der Waals surface area (Å²) in [4.78, 5) is 12.9. The van der Waals surface area contributed by atoms with E-state index in [2.05, 4.69) is 0 Å². The Labute approximate surface area is 236 Å². The molecule has 15 nitrogen and oxygen atoms in total. The predicted molar refractivity (Wildman–Crippen MR) is 139 cm³/mol. The summed E-state index contributed by atoms with van der Waals surface area (Å²) in [6, 6.07) is 7.73. The summed E-state index contributed by atoms with van der Waals surface area (Å²) in [5.41, 5.74) is -2.39. The molecular weight excluding hydrogens is 564 g/mol. The summed E-state index contributed by atoms with van der Waals surface area (Å²) in [5, 5.41) is 81.3. The summed E-state index contributed by atoms with van der Waals surface area (Å²) >= 11 is 0. The molecule has 0 aliphatic carbocycles. The molecule has 1 unspecified atom stereocenters. The zero-order valence-electron chi connectivity index (χ0n) is 22.1. The molecule has 0 amide bonds. The predicted octanol–water partition coefficient (Wildman–Crippen LogP) is -1.48. The van der Waals surface area contributed by atoms with Gasteiger partial charge in [-0.25, -0.2) is 0 Å². The molecule has 0 radical (unpaired) electrons. The Bertz CT molecular complexity index is 1490. The number of benzene rings is 2. The Morgan fingerprint density at radius 1 is 1.00 bits per heavy atom. The van der Waals surface area contributed by atoms with Crippen LogP contribution in [-0.4, -0.2) is 116 Å². The molecule has 1 aromatic heterocycles. The maximum absolute atomic E-state index is 12.9. The van der Waals surface area contributed by atoms with Gasteiger partial charge in [0, 0.05) is 23.8 Å². The number of phenols is 2. The first-order valence-electron chi connectivity index (χ1n) is 12.8. The molecule has 228 valence electrons. The zero-order chi connectivity index (χ0) is 30.3. The van der Waals surface area contributed by atoms with Crippen molar-refractivity contribution in [1.29, 1.82) is 0 Å². The monoisotopic (exact) mass is 594 g/mol. The van der Waals surface area contributed by atoms with Gasteiger partial charge >= 0.3 is 0 Å². The molecule has 3 aromatic rings. The van der Waals surface area contributed by atoms with Crippen LogP contribution in [0.3, 0.4) is 0 Å². The average molecular weight is 595 g/mol. The van der Waals surface area contributed by atoms with Crippen LogP contribution in [0.15, 0.2) is 45.6 Å². The number of methoxy groups -OCH3 is 1. The minimum atomic E-state index is -2.05. The lowest BCUT2D eigenvalue weighted by Crippen LogP contribution is -2.62. The number of fused-ring (bicyclic) bond motifs is 1. The van der Waals surface area contributed by atoms with Crippen molar-refractivity contribution < 1.29 is 69.0 Å². The molecule has 2 fully saturated rings. The Balaban J connectivity index is 1.48. The minimum Gasteiger partial charge on any atom is -0.507 e. The lowest BCUT2D eigenvalue weighted by Gasteiger charge is -2.42. The van der Waals surface area contributed by atoms with Gasteiger partial charge in [-0.2, -0.15) is 0 Å². The second kappa shape index (κ2) is 11.6. The van der Waals surface area contributed by atoms with Gasteiger partial charge in [-0.1, -0.05) is 0 Å². The van der Waals surface area contributed by atoms with E-state index in [-0.39, 0.29) is 34.0 Å². The average Bonchev–Trinajstić information content (AvgIpc) is 3.25. The Morgan fingerprint density at radius 3 is 2.43 bits per heavy atom. The van der Waals surface area contributed by atoms with Gasteiger partial charge in [-0.3, -0.25) is 4.79 Å². The normalized spacial score (nSPS) is 31.4. The highest BCUT2D eigenvalue weighted by Crippen LogP contribution is 2.36. The third kappa shape index (κ3) is 5.37.